The van der Waals surface area contributed by atoms with Crippen LogP contribution in [0.3, 0.4) is 0 Å². The number of thiophene rings is 2. The second kappa shape index (κ2) is 9.34. The van der Waals surface area contributed by atoms with E-state index in [1.54, 1.807) is 29.4 Å². The van der Waals surface area contributed by atoms with Gasteiger partial charge in [0.05, 0.1) is 25.1 Å². The Kier molecular flexibility index (Phi) is 6.62. The molecule has 5 nitrogen and oxygen atoms in total. The normalized spacial score (nSPS) is 10.4. The molecule has 0 radical (unpaired) electrons. The molecule has 3 rings (SSSR count). The van der Waals surface area contributed by atoms with Crippen molar-refractivity contribution >= 4 is 34.5 Å². The zero-order valence-electron chi connectivity index (χ0n) is 14.9. The van der Waals surface area contributed by atoms with Crippen LogP contribution in [0, 0.1) is 0 Å². The number of carbonyl (C=O) groups is 2. The highest BCUT2D eigenvalue weighted by molar-refractivity contribution is 7.12. The minimum Gasteiger partial charge on any atom is -0.496 e. The lowest BCUT2D eigenvalue weighted by molar-refractivity contribution is -0.131. The van der Waals surface area contributed by atoms with Gasteiger partial charge in [0, 0.05) is 17.0 Å². The predicted molar refractivity (Wildman–Crippen MR) is 108 cm³/mol. The fourth-order valence-electron chi connectivity index (χ4n) is 2.62. The Labute approximate surface area is 166 Å². The summed E-state index contributed by atoms with van der Waals surface area (Å²) in [5.74, 6) is 0.370. The lowest BCUT2D eigenvalue weighted by atomic mass is 10.2. The number of benzene rings is 1. The molecule has 2 aromatic heterocycles. The summed E-state index contributed by atoms with van der Waals surface area (Å²) in [5.41, 5.74) is 0.925. The molecule has 0 saturated heterocycles. The molecule has 0 aliphatic heterocycles. The molecule has 0 unspecified atom stereocenters. The Hall–Kier alpha value is -2.64. The van der Waals surface area contributed by atoms with Crippen LogP contribution in [0.2, 0.25) is 0 Å². The van der Waals surface area contributed by atoms with Gasteiger partial charge in [-0.25, -0.2) is 0 Å². The number of methoxy groups -OCH3 is 1. The molecule has 0 bridgehead atoms. The van der Waals surface area contributed by atoms with Gasteiger partial charge in [-0.05, 0) is 29.0 Å². The smallest absolute Gasteiger partial charge is 0.261 e. The van der Waals surface area contributed by atoms with E-state index in [0.717, 1.165) is 16.2 Å². The summed E-state index contributed by atoms with van der Waals surface area (Å²) in [6.45, 7) is 0.857. The van der Waals surface area contributed by atoms with E-state index in [-0.39, 0.29) is 18.4 Å². The number of para-hydroxylation sites is 1. The molecule has 0 atom stereocenters. The maximum atomic E-state index is 12.8. The highest BCUT2D eigenvalue weighted by Crippen LogP contribution is 2.21. The SMILES string of the molecule is COc1ccccc1CN(Cc1cccs1)C(=O)CNC(=O)c1cccs1. The number of carbonyl (C=O) groups excluding carboxylic acids is 2. The average molecular weight is 401 g/mol. The first-order chi connectivity index (χ1) is 13.2. The third-order valence-electron chi connectivity index (χ3n) is 3.98. The van der Waals surface area contributed by atoms with Gasteiger partial charge in [0.2, 0.25) is 5.91 Å². The molecule has 27 heavy (non-hydrogen) atoms. The number of nitrogens with one attached hydrogen (secondary N) is 1. The summed E-state index contributed by atoms with van der Waals surface area (Å²) >= 11 is 2.95. The molecule has 1 N–H and O–H groups in total. The molecule has 7 heteroatoms. The van der Waals surface area contributed by atoms with E-state index in [1.165, 1.54) is 11.3 Å². The Morgan fingerprint density at radius 3 is 2.48 bits per heavy atom. The van der Waals surface area contributed by atoms with Crippen molar-refractivity contribution < 1.29 is 14.3 Å². The van der Waals surface area contributed by atoms with Gasteiger partial charge in [0.15, 0.2) is 0 Å². The second-order valence-corrected chi connectivity index (χ2v) is 7.78. The topological polar surface area (TPSA) is 58.6 Å². The van der Waals surface area contributed by atoms with E-state index in [0.29, 0.717) is 18.0 Å². The highest BCUT2D eigenvalue weighted by Gasteiger charge is 2.18. The van der Waals surface area contributed by atoms with Crippen molar-refractivity contribution in [1.29, 1.82) is 0 Å². The largest absolute Gasteiger partial charge is 0.496 e. The molecule has 0 aliphatic carbocycles. The van der Waals surface area contributed by atoms with Crippen LogP contribution < -0.4 is 10.1 Å². The van der Waals surface area contributed by atoms with Gasteiger partial charge in [0.1, 0.15) is 5.75 Å². The number of rotatable bonds is 8. The fourth-order valence-corrected chi connectivity index (χ4v) is 3.98. The van der Waals surface area contributed by atoms with Gasteiger partial charge in [-0.2, -0.15) is 0 Å². The number of hydrogen-bond acceptors (Lipinski definition) is 5. The van der Waals surface area contributed by atoms with Crippen molar-refractivity contribution in [3.8, 4) is 5.75 Å². The van der Waals surface area contributed by atoms with E-state index in [4.69, 9.17) is 4.74 Å². The molecule has 0 spiro atoms. The molecule has 140 valence electrons. The van der Waals surface area contributed by atoms with Gasteiger partial charge < -0.3 is 15.0 Å². The van der Waals surface area contributed by atoms with E-state index in [1.807, 2.05) is 53.2 Å². The molecule has 0 aliphatic rings. The summed E-state index contributed by atoms with van der Waals surface area (Å²) < 4.78 is 5.40. The summed E-state index contributed by atoms with van der Waals surface area (Å²) in [4.78, 5) is 28.4. The quantitative estimate of drug-likeness (QED) is 0.626. The summed E-state index contributed by atoms with van der Waals surface area (Å²) in [7, 11) is 1.62. The Balaban J connectivity index is 1.70. The minimum absolute atomic E-state index is 0.0444. The number of ether oxygens (including phenoxy) is 1. The standard InChI is InChI=1S/C20H20N2O3S2/c1-25-17-8-3-2-6-15(17)13-22(14-16-7-4-10-26-16)19(23)12-21-20(24)18-9-5-11-27-18/h2-11H,12-14H2,1H3,(H,21,24). The van der Waals surface area contributed by atoms with Crippen molar-refractivity contribution in [2.75, 3.05) is 13.7 Å². The second-order valence-electron chi connectivity index (χ2n) is 5.80. The first-order valence-electron chi connectivity index (χ1n) is 8.41. The molecular formula is C20H20N2O3S2. The van der Waals surface area contributed by atoms with Crippen LogP contribution in [0.4, 0.5) is 0 Å². The van der Waals surface area contributed by atoms with Crippen LogP contribution in [-0.4, -0.2) is 30.4 Å². The van der Waals surface area contributed by atoms with Gasteiger partial charge in [-0.15, -0.1) is 22.7 Å². The van der Waals surface area contributed by atoms with Crippen molar-refractivity contribution in [3.63, 3.8) is 0 Å². The molecule has 3 aromatic rings. The first-order valence-corrected chi connectivity index (χ1v) is 10.2. The average Bonchev–Trinajstić information content (AvgIpc) is 3.39. The molecule has 0 fully saturated rings. The van der Waals surface area contributed by atoms with Crippen molar-refractivity contribution in [1.82, 2.24) is 10.2 Å². The predicted octanol–water partition coefficient (Wildman–Crippen LogP) is 3.78. The van der Waals surface area contributed by atoms with Crippen molar-refractivity contribution in [3.05, 3.63) is 74.6 Å². The monoisotopic (exact) mass is 400 g/mol. The maximum absolute atomic E-state index is 12.8. The van der Waals surface area contributed by atoms with Crippen molar-refractivity contribution in [2.45, 2.75) is 13.1 Å². The van der Waals surface area contributed by atoms with Crippen molar-refractivity contribution in [2.24, 2.45) is 0 Å². The van der Waals surface area contributed by atoms with E-state index in [2.05, 4.69) is 5.32 Å². The number of amides is 2. The van der Waals surface area contributed by atoms with Gasteiger partial charge in [-0.3, -0.25) is 9.59 Å². The van der Waals surface area contributed by atoms with Crippen LogP contribution in [0.1, 0.15) is 20.1 Å². The van der Waals surface area contributed by atoms with E-state index < -0.39 is 0 Å². The first kappa shape index (κ1) is 19.1. The van der Waals surface area contributed by atoms with Crippen LogP contribution in [0.15, 0.2) is 59.3 Å². The summed E-state index contributed by atoms with van der Waals surface area (Å²) in [6.07, 6.45) is 0. The lowest BCUT2D eigenvalue weighted by Gasteiger charge is -2.23. The Bertz CT molecular complexity index is 877. The molecule has 2 heterocycles. The van der Waals surface area contributed by atoms with Crippen LogP contribution in [0.25, 0.3) is 0 Å². The zero-order chi connectivity index (χ0) is 19.1. The Morgan fingerprint density at radius 2 is 1.78 bits per heavy atom. The minimum atomic E-state index is -0.230. The number of nitrogens with zero attached hydrogens (tertiary/aromatic N) is 1. The van der Waals surface area contributed by atoms with Gasteiger partial charge >= 0.3 is 0 Å². The third-order valence-corrected chi connectivity index (χ3v) is 5.71. The fraction of sp³-hybridized carbons (Fsp3) is 0.200. The van der Waals surface area contributed by atoms with E-state index in [9.17, 15) is 9.59 Å². The summed E-state index contributed by atoms with van der Waals surface area (Å²) in [5, 5.41) is 6.53. The van der Waals surface area contributed by atoms with Gasteiger partial charge in [0.25, 0.3) is 5.91 Å². The Morgan fingerprint density at radius 1 is 1.00 bits per heavy atom. The third kappa shape index (κ3) is 5.18. The maximum Gasteiger partial charge on any atom is 0.261 e. The highest BCUT2D eigenvalue weighted by atomic mass is 32.1. The van der Waals surface area contributed by atoms with E-state index >= 15 is 0 Å². The number of hydrogen-bond donors (Lipinski definition) is 1. The zero-order valence-corrected chi connectivity index (χ0v) is 16.5. The summed E-state index contributed by atoms with van der Waals surface area (Å²) in [6, 6.07) is 15.1. The molecular weight excluding hydrogens is 380 g/mol. The lowest BCUT2D eigenvalue weighted by Crippen LogP contribution is -2.39. The molecule has 0 saturated carbocycles. The van der Waals surface area contributed by atoms with Crippen LogP contribution >= 0.6 is 22.7 Å². The van der Waals surface area contributed by atoms with Crippen LogP contribution in [-0.2, 0) is 17.9 Å². The van der Waals surface area contributed by atoms with Crippen LogP contribution in [0.5, 0.6) is 5.75 Å². The molecule has 2 amide bonds. The van der Waals surface area contributed by atoms with Gasteiger partial charge in [-0.1, -0.05) is 30.3 Å². The molecule has 1 aromatic carbocycles.